The SMILES string of the molecule is NNc1cc([N+](=O)[O-])ccn1. The van der Waals surface area contributed by atoms with Crippen molar-refractivity contribution in [1.29, 1.82) is 0 Å². The second-order valence-corrected chi connectivity index (χ2v) is 1.80. The van der Waals surface area contributed by atoms with Crippen LogP contribution in [-0.2, 0) is 0 Å². The standard InChI is InChI=1S/C5H6N4O2/c6-8-5-3-4(9(10)11)1-2-7-5/h1-3H,6H2,(H,7,8). The van der Waals surface area contributed by atoms with Crippen LogP contribution in [0.5, 0.6) is 0 Å². The highest BCUT2D eigenvalue weighted by Gasteiger charge is 2.04. The van der Waals surface area contributed by atoms with Crippen molar-refractivity contribution in [1.82, 2.24) is 4.98 Å². The maximum atomic E-state index is 10.2. The lowest BCUT2D eigenvalue weighted by molar-refractivity contribution is -0.384. The first kappa shape index (κ1) is 7.42. The van der Waals surface area contributed by atoms with Crippen LogP contribution in [0, 0.1) is 10.1 Å². The molecule has 0 spiro atoms. The Kier molecular flexibility index (Phi) is 1.98. The molecule has 0 fully saturated rings. The van der Waals surface area contributed by atoms with E-state index in [1.807, 2.05) is 0 Å². The van der Waals surface area contributed by atoms with Crippen molar-refractivity contribution in [3.8, 4) is 0 Å². The molecule has 0 saturated heterocycles. The van der Waals surface area contributed by atoms with Crippen molar-refractivity contribution in [2.24, 2.45) is 5.84 Å². The second-order valence-electron chi connectivity index (χ2n) is 1.80. The highest BCUT2D eigenvalue weighted by molar-refractivity contribution is 5.42. The van der Waals surface area contributed by atoms with Gasteiger partial charge in [-0.25, -0.2) is 10.8 Å². The number of nitrogens with two attached hydrogens (primary N) is 1. The van der Waals surface area contributed by atoms with Crippen LogP contribution in [0.3, 0.4) is 0 Å². The topological polar surface area (TPSA) is 94.1 Å². The molecule has 0 aliphatic heterocycles. The summed E-state index contributed by atoms with van der Waals surface area (Å²) in [7, 11) is 0. The van der Waals surface area contributed by atoms with Gasteiger partial charge >= 0.3 is 0 Å². The van der Waals surface area contributed by atoms with Crippen LogP contribution >= 0.6 is 0 Å². The highest BCUT2D eigenvalue weighted by atomic mass is 16.6. The summed E-state index contributed by atoms with van der Waals surface area (Å²) in [5.74, 6) is 5.26. The van der Waals surface area contributed by atoms with Gasteiger partial charge in [0, 0.05) is 12.3 Å². The van der Waals surface area contributed by atoms with E-state index in [1.54, 1.807) is 0 Å². The lowest BCUT2D eigenvalue weighted by Gasteiger charge is -1.95. The average molecular weight is 154 g/mol. The summed E-state index contributed by atoms with van der Waals surface area (Å²) in [5, 5.41) is 10.2. The molecule has 0 saturated carbocycles. The zero-order valence-corrected chi connectivity index (χ0v) is 5.52. The monoisotopic (exact) mass is 154 g/mol. The molecule has 6 heteroatoms. The molecule has 0 radical (unpaired) electrons. The smallest absolute Gasteiger partial charge is 0.274 e. The Bertz CT molecular complexity index is 275. The van der Waals surface area contributed by atoms with E-state index in [9.17, 15) is 10.1 Å². The van der Waals surface area contributed by atoms with Gasteiger partial charge in [0.1, 0.15) is 5.82 Å². The van der Waals surface area contributed by atoms with Gasteiger partial charge in [0.25, 0.3) is 5.69 Å². The molecule has 58 valence electrons. The van der Waals surface area contributed by atoms with Crippen LogP contribution in [0.15, 0.2) is 18.3 Å². The van der Waals surface area contributed by atoms with E-state index in [0.29, 0.717) is 0 Å². The van der Waals surface area contributed by atoms with Crippen molar-refractivity contribution in [2.45, 2.75) is 0 Å². The Morgan fingerprint density at radius 1 is 1.73 bits per heavy atom. The van der Waals surface area contributed by atoms with Gasteiger partial charge in [0.05, 0.1) is 11.0 Å². The number of rotatable bonds is 2. The normalized spacial score (nSPS) is 9.18. The number of pyridine rings is 1. The summed E-state index contributed by atoms with van der Waals surface area (Å²) in [6.45, 7) is 0. The van der Waals surface area contributed by atoms with Gasteiger partial charge in [-0.2, -0.15) is 0 Å². The zero-order valence-electron chi connectivity index (χ0n) is 5.52. The van der Waals surface area contributed by atoms with Crippen LogP contribution in [0.1, 0.15) is 0 Å². The Hall–Kier alpha value is -1.69. The van der Waals surface area contributed by atoms with Crippen molar-refractivity contribution in [2.75, 3.05) is 5.43 Å². The molecular formula is C5H6N4O2. The lowest BCUT2D eigenvalue weighted by atomic mass is 10.4. The number of anilines is 1. The largest absolute Gasteiger partial charge is 0.308 e. The molecule has 0 unspecified atom stereocenters. The molecule has 1 rings (SSSR count). The summed E-state index contributed by atoms with van der Waals surface area (Å²) >= 11 is 0. The zero-order chi connectivity index (χ0) is 8.27. The molecule has 0 aliphatic carbocycles. The Morgan fingerprint density at radius 2 is 2.45 bits per heavy atom. The first-order valence-corrected chi connectivity index (χ1v) is 2.81. The summed E-state index contributed by atoms with van der Waals surface area (Å²) in [6, 6.07) is 2.54. The lowest BCUT2D eigenvalue weighted by Crippen LogP contribution is -2.08. The molecular weight excluding hydrogens is 148 g/mol. The van der Waals surface area contributed by atoms with Crippen LogP contribution in [0.2, 0.25) is 0 Å². The highest BCUT2D eigenvalue weighted by Crippen LogP contribution is 2.12. The predicted octanol–water partition coefficient (Wildman–Crippen LogP) is 0.275. The fraction of sp³-hybridized carbons (Fsp3) is 0. The van der Waals surface area contributed by atoms with Gasteiger partial charge in [0.2, 0.25) is 0 Å². The molecule has 1 aromatic heterocycles. The van der Waals surface area contributed by atoms with E-state index in [0.717, 1.165) is 0 Å². The molecule has 1 aromatic rings. The van der Waals surface area contributed by atoms with Crippen molar-refractivity contribution < 1.29 is 4.92 Å². The fourth-order valence-corrected chi connectivity index (χ4v) is 0.612. The molecule has 3 N–H and O–H groups in total. The number of nitro groups is 1. The summed E-state index contributed by atoms with van der Waals surface area (Å²) in [5.41, 5.74) is 2.17. The number of hydrogen-bond acceptors (Lipinski definition) is 5. The minimum absolute atomic E-state index is 0.0343. The molecule has 0 aliphatic rings. The van der Waals surface area contributed by atoms with Crippen LogP contribution in [0.4, 0.5) is 11.5 Å². The Labute approximate surface area is 62.2 Å². The third-order valence-electron chi connectivity index (χ3n) is 1.10. The van der Waals surface area contributed by atoms with Gasteiger partial charge in [-0.05, 0) is 0 Å². The summed E-state index contributed by atoms with van der Waals surface area (Å²) in [6.07, 6.45) is 1.31. The second kappa shape index (κ2) is 2.93. The van der Waals surface area contributed by atoms with Gasteiger partial charge in [-0.15, -0.1) is 0 Å². The summed E-state index contributed by atoms with van der Waals surface area (Å²) < 4.78 is 0. The molecule has 1 heterocycles. The summed E-state index contributed by atoms with van der Waals surface area (Å²) in [4.78, 5) is 13.4. The number of nitrogen functional groups attached to an aromatic ring is 1. The molecule has 0 bridgehead atoms. The average Bonchev–Trinajstić information content (AvgIpc) is 2.05. The predicted molar refractivity (Wildman–Crippen MR) is 38.7 cm³/mol. The van der Waals surface area contributed by atoms with Gasteiger partial charge in [-0.1, -0.05) is 0 Å². The van der Waals surface area contributed by atoms with E-state index in [1.165, 1.54) is 18.3 Å². The third-order valence-corrected chi connectivity index (χ3v) is 1.10. The van der Waals surface area contributed by atoms with E-state index >= 15 is 0 Å². The maximum Gasteiger partial charge on any atom is 0.274 e. The van der Waals surface area contributed by atoms with Gasteiger partial charge < -0.3 is 5.43 Å². The van der Waals surface area contributed by atoms with E-state index in [2.05, 4.69) is 10.4 Å². The number of hydrogen-bond donors (Lipinski definition) is 2. The number of aromatic nitrogens is 1. The van der Waals surface area contributed by atoms with Crippen molar-refractivity contribution >= 4 is 11.5 Å². The molecule has 0 atom stereocenters. The van der Waals surface area contributed by atoms with Crippen LogP contribution in [0.25, 0.3) is 0 Å². The van der Waals surface area contributed by atoms with Gasteiger partial charge in [-0.3, -0.25) is 10.1 Å². The quantitative estimate of drug-likeness (QED) is 0.362. The van der Waals surface area contributed by atoms with Crippen molar-refractivity contribution in [3.63, 3.8) is 0 Å². The first-order valence-electron chi connectivity index (χ1n) is 2.81. The third kappa shape index (κ3) is 1.62. The number of nitrogens with zero attached hydrogens (tertiary/aromatic N) is 2. The Balaban J connectivity index is 3.01. The number of nitrogens with one attached hydrogen (secondary N) is 1. The van der Waals surface area contributed by atoms with E-state index in [4.69, 9.17) is 5.84 Å². The van der Waals surface area contributed by atoms with E-state index < -0.39 is 4.92 Å². The molecule has 0 aromatic carbocycles. The molecule has 11 heavy (non-hydrogen) atoms. The van der Waals surface area contributed by atoms with Crippen molar-refractivity contribution in [3.05, 3.63) is 28.4 Å². The Morgan fingerprint density at radius 3 is 3.00 bits per heavy atom. The minimum Gasteiger partial charge on any atom is -0.308 e. The first-order chi connectivity index (χ1) is 5.24. The fourth-order valence-electron chi connectivity index (χ4n) is 0.612. The molecule has 0 amide bonds. The van der Waals surface area contributed by atoms with E-state index in [-0.39, 0.29) is 11.5 Å². The number of hydrazine groups is 1. The van der Waals surface area contributed by atoms with Crippen LogP contribution < -0.4 is 11.3 Å². The maximum absolute atomic E-state index is 10.2. The molecule has 6 nitrogen and oxygen atoms in total. The van der Waals surface area contributed by atoms with Gasteiger partial charge in [0.15, 0.2) is 0 Å². The minimum atomic E-state index is -0.511. The van der Waals surface area contributed by atoms with Crippen LogP contribution in [-0.4, -0.2) is 9.91 Å².